The molecule has 2 aromatic heterocycles. The quantitative estimate of drug-likeness (QED) is 0.319. The Bertz CT molecular complexity index is 1700. The van der Waals surface area contributed by atoms with Crippen LogP contribution in [0.15, 0.2) is 109 Å². The summed E-state index contributed by atoms with van der Waals surface area (Å²) < 4.78 is 2.36. The fourth-order valence-electron chi connectivity index (χ4n) is 4.79. The second-order valence-corrected chi connectivity index (χ2v) is 8.00. The lowest BCUT2D eigenvalue weighted by molar-refractivity contribution is 0.771. The molecule has 2 heterocycles. The maximum atomic E-state index is 4.72. The molecule has 0 atom stereocenters. The van der Waals surface area contributed by atoms with E-state index in [1.807, 2.05) is 24.3 Å². The van der Waals surface area contributed by atoms with E-state index in [1.165, 1.54) is 21.8 Å². The van der Waals surface area contributed by atoms with Crippen LogP contribution in [0.4, 0.5) is 0 Å². The van der Waals surface area contributed by atoms with Gasteiger partial charge in [0, 0.05) is 21.5 Å². The van der Waals surface area contributed by atoms with Gasteiger partial charge in [0.1, 0.15) is 11.0 Å². The van der Waals surface area contributed by atoms with E-state index in [2.05, 4.69) is 89.5 Å². The summed E-state index contributed by atoms with van der Waals surface area (Å²) >= 11 is 0. The Morgan fingerprint density at radius 2 is 0.844 bits per heavy atom. The summed E-state index contributed by atoms with van der Waals surface area (Å²) in [5.74, 6) is 0. The van der Waals surface area contributed by atoms with E-state index in [0.29, 0.717) is 0 Å². The maximum Gasteiger partial charge on any atom is 0.113 e. The summed E-state index contributed by atoms with van der Waals surface area (Å²) in [6.45, 7) is 0. The Labute approximate surface area is 183 Å². The zero-order valence-electron chi connectivity index (χ0n) is 17.2. The van der Waals surface area contributed by atoms with Gasteiger partial charge in [-0.2, -0.15) is 0 Å². The Balaban J connectivity index is 1.56. The van der Waals surface area contributed by atoms with E-state index in [1.54, 1.807) is 4.80 Å². The van der Waals surface area contributed by atoms with Crippen LogP contribution in [-0.2, 0) is 0 Å². The van der Waals surface area contributed by atoms with Crippen LogP contribution in [0.2, 0.25) is 0 Å². The zero-order valence-corrected chi connectivity index (χ0v) is 17.2. The van der Waals surface area contributed by atoms with Gasteiger partial charge in [-0.05, 0) is 36.4 Å². The van der Waals surface area contributed by atoms with Crippen molar-refractivity contribution < 1.29 is 0 Å². The van der Waals surface area contributed by atoms with Crippen molar-refractivity contribution in [3.63, 3.8) is 0 Å². The normalized spacial score (nSPS) is 11.8. The first kappa shape index (κ1) is 17.3. The molecule has 7 rings (SSSR count). The molecule has 7 aromatic rings. The number of para-hydroxylation sites is 2. The van der Waals surface area contributed by atoms with Gasteiger partial charge in [0.25, 0.3) is 0 Å². The van der Waals surface area contributed by atoms with Gasteiger partial charge in [-0.1, -0.05) is 72.8 Å². The van der Waals surface area contributed by atoms with Crippen LogP contribution in [0, 0.1) is 0 Å². The van der Waals surface area contributed by atoms with Crippen molar-refractivity contribution in [3.05, 3.63) is 109 Å². The molecule has 0 amide bonds. The van der Waals surface area contributed by atoms with Gasteiger partial charge in [0.15, 0.2) is 0 Å². The van der Waals surface area contributed by atoms with Gasteiger partial charge in [0.05, 0.1) is 22.4 Å². The third kappa shape index (κ3) is 2.38. The molecule has 0 aliphatic carbocycles. The predicted molar refractivity (Wildman–Crippen MR) is 131 cm³/mol. The standard InChI is InChI=1S/C28H18N4/c1-2-12-22-21(9-1)27(17-18-28(22)32-29-23-13-5-6-14-24(23)30-32)31-25-15-7-3-10-19(25)20-11-4-8-16-26(20)31/h1-18H. The van der Waals surface area contributed by atoms with E-state index < -0.39 is 0 Å². The van der Waals surface area contributed by atoms with E-state index in [-0.39, 0.29) is 0 Å². The molecule has 0 saturated heterocycles. The van der Waals surface area contributed by atoms with E-state index >= 15 is 0 Å². The fraction of sp³-hybridized carbons (Fsp3) is 0. The van der Waals surface area contributed by atoms with Crippen molar-refractivity contribution in [3.8, 4) is 11.4 Å². The van der Waals surface area contributed by atoms with Crippen LogP contribution in [0.25, 0.3) is 55.0 Å². The van der Waals surface area contributed by atoms with Crippen LogP contribution in [0.5, 0.6) is 0 Å². The van der Waals surface area contributed by atoms with Crippen LogP contribution >= 0.6 is 0 Å². The Morgan fingerprint density at radius 1 is 0.406 bits per heavy atom. The van der Waals surface area contributed by atoms with Gasteiger partial charge >= 0.3 is 0 Å². The number of fused-ring (bicyclic) bond motifs is 5. The average Bonchev–Trinajstić information content (AvgIpc) is 3.43. The third-order valence-corrected chi connectivity index (χ3v) is 6.20. The molecular formula is C28H18N4. The van der Waals surface area contributed by atoms with E-state index in [9.17, 15) is 0 Å². The first-order valence-electron chi connectivity index (χ1n) is 10.7. The number of hydrogen-bond acceptors (Lipinski definition) is 2. The van der Waals surface area contributed by atoms with Crippen LogP contribution in [0.3, 0.4) is 0 Å². The smallest absolute Gasteiger partial charge is 0.113 e. The molecule has 0 radical (unpaired) electrons. The first-order valence-corrected chi connectivity index (χ1v) is 10.7. The van der Waals surface area contributed by atoms with Crippen molar-refractivity contribution in [1.82, 2.24) is 19.6 Å². The lowest BCUT2D eigenvalue weighted by atomic mass is 10.1. The molecule has 5 aromatic carbocycles. The molecule has 0 fully saturated rings. The highest BCUT2D eigenvalue weighted by atomic mass is 15.5. The Hall–Kier alpha value is -4.44. The molecule has 0 unspecified atom stereocenters. The minimum Gasteiger partial charge on any atom is -0.309 e. The van der Waals surface area contributed by atoms with Gasteiger partial charge in [-0.3, -0.25) is 0 Å². The molecule has 0 N–H and O–H groups in total. The molecular weight excluding hydrogens is 392 g/mol. The second-order valence-electron chi connectivity index (χ2n) is 8.00. The Morgan fingerprint density at radius 3 is 1.44 bits per heavy atom. The molecule has 0 bridgehead atoms. The summed E-state index contributed by atoms with van der Waals surface area (Å²) in [6.07, 6.45) is 0. The van der Waals surface area contributed by atoms with Crippen LogP contribution in [0.1, 0.15) is 0 Å². The first-order chi connectivity index (χ1) is 15.9. The van der Waals surface area contributed by atoms with Crippen molar-refractivity contribution in [2.75, 3.05) is 0 Å². The topological polar surface area (TPSA) is 35.6 Å². The van der Waals surface area contributed by atoms with Crippen molar-refractivity contribution in [2.24, 2.45) is 0 Å². The highest BCUT2D eigenvalue weighted by Crippen LogP contribution is 2.35. The lowest BCUT2D eigenvalue weighted by Gasteiger charge is -2.14. The summed E-state index contributed by atoms with van der Waals surface area (Å²) in [4.78, 5) is 1.75. The summed E-state index contributed by atoms with van der Waals surface area (Å²) in [7, 11) is 0. The SMILES string of the molecule is c1ccc2nn(-c3ccc(-n4c5ccccc5c5ccccc54)c4ccccc34)nc2c1. The number of rotatable bonds is 2. The summed E-state index contributed by atoms with van der Waals surface area (Å²) in [5.41, 5.74) is 6.31. The molecule has 0 aliphatic heterocycles. The number of hydrogen-bond donors (Lipinski definition) is 0. The van der Waals surface area contributed by atoms with Gasteiger partial charge < -0.3 is 4.57 Å². The predicted octanol–water partition coefficient (Wildman–Crippen LogP) is 6.67. The monoisotopic (exact) mass is 410 g/mol. The van der Waals surface area contributed by atoms with Crippen molar-refractivity contribution in [2.45, 2.75) is 0 Å². The average molecular weight is 410 g/mol. The molecule has 0 saturated carbocycles. The van der Waals surface area contributed by atoms with E-state index in [0.717, 1.165) is 33.2 Å². The largest absolute Gasteiger partial charge is 0.309 e. The van der Waals surface area contributed by atoms with Crippen LogP contribution < -0.4 is 0 Å². The van der Waals surface area contributed by atoms with Gasteiger partial charge in [-0.15, -0.1) is 15.0 Å². The minimum atomic E-state index is 0.892. The van der Waals surface area contributed by atoms with Crippen molar-refractivity contribution >= 4 is 43.6 Å². The fourth-order valence-corrected chi connectivity index (χ4v) is 4.79. The van der Waals surface area contributed by atoms with E-state index in [4.69, 9.17) is 10.2 Å². The summed E-state index contributed by atoms with van der Waals surface area (Å²) in [5, 5.41) is 14.3. The molecule has 0 aliphatic rings. The van der Waals surface area contributed by atoms with Crippen molar-refractivity contribution in [1.29, 1.82) is 0 Å². The third-order valence-electron chi connectivity index (χ3n) is 6.20. The molecule has 4 heteroatoms. The zero-order chi connectivity index (χ0) is 21.1. The second kappa shape index (κ2) is 6.53. The number of nitrogens with zero attached hydrogens (tertiary/aromatic N) is 4. The molecule has 4 nitrogen and oxygen atoms in total. The lowest BCUT2D eigenvalue weighted by Crippen LogP contribution is -2.02. The highest BCUT2D eigenvalue weighted by Gasteiger charge is 2.16. The molecule has 0 spiro atoms. The van der Waals surface area contributed by atoms with Gasteiger partial charge in [-0.25, -0.2) is 0 Å². The highest BCUT2D eigenvalue weighted by molar-refractivity contribution is 6.11. The summed E-state index contributed by atoms with van der Waals surface area (Å²) in [6, 6.07) is 38.0. The maximum absolute atomic E-state index is 4.72. The molecule has 32 heavy (non-hydrogen) atoms. The van der Waals surface area contributed by atoms with Crippen LogP contribution in [-0.4, -0.2) is 19.6 Å². The number of benzene rings is 5. The molecule has 150 valence electrons. The Kier molecular flexibility index (Phi) is 3.52. The number of aromatic nitrogens is 4. The minimum absolute atomic E-state index is 0.892. The van der Waals surface area contributed by atoms with Gasteiger partial charge in [0.2, 0.25) is 0 Å².